The van der Waals surface area contributed by atoms with E-state index >= 15 is 0 Å². The third-order valence-electron chi connectivity index (χ3n) is 1.18. The summed E-state index contributed by atoms with van der Waals surface area (Å²) in [6.45, 7) is 0. The second-order valence-electron chi connectivity index (χ2n) is 2.25. The summed E-state index contributed by atoms with van der Waals surface area (Å²) in [6, 6.07) is 2.05. The molecule has 0 aromatic heterocycles. The molecule has 0 atom stereocenters. The highest BCUT2D eigenvalue weighted by Gasteiger charge is 2.30. The summed E-state index contributed by atoms with van der Waals surface area (Å²) in [6.07, 6.45) is 0. The van der Waals surface area contributed by atoms with Crippen LogP contribution in [-0.4, -0.2) is 5.57 Å². The van der Waals surface area contributed by atoms with Gasteiger partial charge < -0.3 is 4.74 Å². The molecule has 0 aliphatic rings. The molecule has 0 heterocycles. The standard InChI is InChI=1S/C7H2BrCl2F3O/c8-4-1-3(9)2-5(11)6(4)14-7(10,12)13/h1-2H. The Bertz CT molecular complexity index is 330. The molecule has 1 nitrogen and oxygen atoms in total. The van der Waals surface area contributed by atoms with Gasteiger partial charge in [-0.1, -0.05) is 11.6 Å². The van der Waals surface area contributed by atoms with Crippen molar-refractivity contribution in [3.05, 3.63) is 27.4 Å². The monoisotopic (exact) mass is 308 g/mol. The van der Waals surface area contributed by atoms with E-state index in [1.807, 2.05) is 0 Å². The topological polar surface area (TPSA) is 9.23 Å². The van der Waals surface area contributed by atoms with Crippen molar-refractivity contribution < 1.29 is 17.9 Å². The number of hydrogen-bond acceptors (Lipinski definition) is 1. The zero-order valence-corrected chi connectivity index (χ0v) is 9.43. The normalized spacial score (nSPS) is 11.6. The lowest BCUT2D eigenvalue weighted by Gasteiger charge is -2.12. The Morgan fingerprint density at radius 3 is 2.36 bits per heavy atom. The van der Waals surface area contributed by atoms with Gasteiger partial charge in [0.2, 0.25) is 0 Å². The third kappa shape index (κ3) is 3.22. The zero-order valence-electron chi connectivity index (χ0n) is 6.33. The van der Waals surface area contributed by atoms with Crippen molar-refractivity contribution >= 4 is 39.1 Å². The smallest absolute Gasteiger partial charge is 0.416 e. The van der Waals surface area contributed by atoms with Crippen LogP contribution in [0.2, 0.25) is 5.02 Å². The Morgan fingerprint density at radius 2 is 1.93 bits per heavy atom. The minimum atomic E-state index is -3.96. The van der Waals surface area contributed by atoms with Crippen LogP contribution in [0.15, 0.2) is 16.6 Å². The molecule has 78 valence electrons. The predicted octanol–water partition coefficient (Wildman–Crippen LogP) is 4.41. The molecule has 0 saturated carbocycles. The van der Waals surface area contributed by atoms with E-state index in [-0.39, 0.29) is 9.50 Å². The maximum atomic E-state index is 13.0. The van der Waals surface area contributed by atoms with Gasteiger partial charge in [-0.15, -0.1) is 8.78 Å². The quantitative estimate of drug-likeness (QED) is 0.735. The average molecular weight is 310 g/mol. The Hall–Kier alpha value is -0.130. The molecule has 7 heteroatoms. The lowest BCUT2D eigenvalue weighted by Crippen LogP contribution is -2.16. The second-order valence-corrected chi connectivity index (χ2v) is 3.98. The number of benzene rings is 1. The summed E-state index contributed by atoms with van der Waals surface area (Å²) in [5, 5.41) is 0.0552. The van der Waals surface area contributed by atoms with E-state index in [9.17, 15) is 13.2 Å². The van der Waals surface area contributed by atoms with Crippen LogP contribution >= 0.6 is 39.1 Å². The highest BCUT2D eigenvalue weighted by Crippen LogP contribution is 2.35. The largest absolute Gasteiger partial charge is 0.487 e. The van der Waals surface area contributed by atoms with Crippen LogP contribution in [0.3, 0.4) is 0 Å². The van der Waals surface area contributed by atoms with E-state index in [4.69, 9.17) is 11.6 Å². The fourth-order valence-electron chi connectivity index (χ4n) is 0.742. The highest BCUT2D eigenvalue weighted by molar-refractivity contribution is 9.10. The van der Waals surface area contributed by atoms with Gasteiger partial charge in [0.25, 0.3) is 0 Å². The molecule has 0 spiro atoms. The van der Waals surface area contributed by atoms with Crippen LogP contribution in [0.4, 0.5) is 13.2 Å². The number of alkyl halides is 3. The molecule has 0 fully saturated rings. The maximum Gasteiger partial charge on any atom is 0.487 e. The van der Waals surface area contributed by atoms with Crippen molar-refractivity contribution in [2.24, 2.45) is 0 Å². The fourth-order valence-corrected chi connectivity index (χ4v) is 1.67. The first-order valence-electron chi connectivity index (χ1n) is 3.20. The Morgan fingerprint density at radius 1 is 1.36 bits per heavy atom. The SMILES string of the molecule is Fc1cc(Cl)cc(Br)c1OC(F)(F)Cl. The molecular weight excluding hydrogens is 308 g/mol. The molecule has 14 heavy (non-hydrogen) atoms. The lowest BCUT2D eigenvalue weighted by molar-refractivity contribution is -0.0989. The van der Waals surface area contributed by atoms with Crippen LogP contribution < -0.4 is 4.74 Å². The van der Waals surface area contributed by atoms with Gasteiger partial charge in [-0.05, 0) is 28.1 Å². The summed E-state index contributed by atoms with van der Waals surface area (Å²) < 4.78 is 41.2. The Kier molecular flexibility index (Phi) is 3.55. The maximum absolute atomic E-state index is 13.0. The molecule has 0 N–H and O–H groups in total. The first-order chi connectivity index (χ1) is 6.29. The van der Waals surface area contributed by atoms with Gasteiger partial charge in [-0.2, -0.15) is 0 Å². The zero-order chi connectivity index (χ0) is 10.9. The first-order valence-corrected chi connectivity index (χ1v) is 4.75. The van der Waals surface area contributed by atoms with Crippen LogP contribution in [0.1, 0.15) is 0 Å². The van der Waals surface area contributed by atoms with Crippen LogP contribution in [0.25, 0.3) is 0 Å². The number of halogens is 6. The van der Waals surface area contributed by atoms with Crippen molar-refractivity contribution in [2.45, 2.75) is 5.57 Å². The van der Waals surface area contributed by atoms with Gasteiger partial charge in [0.05, 0.1) is 4.47 Å². The molecule has 1 rings (SSSR count). The number of hydrogen-bond donors (Lipinski definition) is 0. The molecule has 0 unspecified atom stereocenters. The number of rotatable bonds is 2. The van der Waals surface area contributed by atoms with Crippen LogP contribution in [0.5, 0.6) is 5.75 Å². The van der Waals surface area contributed by atoms with E-state index < -0.39 is 17.1 Å². The van der Waals surface area contributed by atoms with E-state index in [0.717, 1.165) is 6.07 Å². The predicted molar refractivity (Wildman–Crippen MR) is 50.5 cm³/mol. The third-order valence-corrected chi connectivity index (χ3v) is 2.07. The minimum absolute atomic E-state index is 0.0391. The molecule has 0 aliphatic carbocycles. The van der Waals surface area contributed by atoms with E-state index in [2.05, 4.69) is 32.3 Å². The average Bonchev–Trinajstić information content (AvgIpc) is 1.95. The molecule has 0 bridgehead atoms. The Labute approximate surface area is 95.9 Å². The van der Waals surface area contributed by atoms with Crippen molar-refractivity contribution in [3.8, 4) is 5.75 Å². The molecule has 0 aliphatic heterocycles. The van der Waals surface area contributed by atoms with Gasteiger partial charge >= 0.3 is 5.57 Å². The van der Waals surface area contributed by atoms with Crippen molar-refractivity contribution in [3.63, 3.8) is 0 Å². The summed E-state index contributed by atoms with van der Waals surface area (Å²) in [7, 11) is 0. The summed E-state index contributed by atoms with van der Waals surface area (Å²) in [5.41, 5.74) is -3.96. The van der Waals surface area contributed by atoms with E-state index in [1.165, 1.54) is 6.07 Å². The summed E-state index contributed by atoms with van der Waals surface area (Å²) >= 11 is 12.7. The molecule has 1 aromatic carbocycles. The second kappa shape index (κ2) is 4.16. The van der Waals surface area contributed by atoms with Gasteiger partial charge in [-0.25, -0.2) is 4.39 Å². The molecule has 0 amide bonds. The molecule has 0 radical (unpaired) electrons. The van der Waals surface area contributed by atoms with E-state index in [1.54, 1.807) is 0 Å². The van der Waals surface area contributed by atoms with Gasteiger partial charge in [-0.3, -0.25) is 0 Å². The van der Waals surface area contributed by atoms with Crippen molar-refractivity contribution in [1.29, 1.82) is 0 Å². The minimum Gasteiger partial charge on any atom is -0.416 e. The number of ether oxygens (including phenoxy) is 1. The molecule has 1 aromatic rings. The first kappa shape index (κ1) is 11.9. The summed E-state index contributed by atoms with van der Waals surface area (Å²) in [5.74, 6) is -1.71. The summed E-state index contributed by atoms with van der Waals surface area (Å²) in [4.78, 5) is 0. The van der Waals surface area contributed by atoms with Crippen LogP contribution in [-0.2, 0) is 0 Å². The Balaban J connectivity index is 3.09. The van der Waals surface area contributed by atoms with Gasteiger partial charge in [0, 0.05) is 16.6 Å². The van der Waals surface area contributed by atoms with Crippen LogP contribution in [0, 0.1) is 5.82 Å². The van der Waals surface area contributed by atoms with Crippen molar-refractivity contribution in [1.82, 2.24) is 0 Å². The fraction of sp³-hybridized carbons (Fsp3) is 0.143. The van der Waals surface area contributed by atoms with Gasteiger partial charge in [0.15, 0.2) is 11.6 Å². The van der Waals surface area contributed by atoms with Gasteiger partial charge in [0.1, 0.15) is 0 Å². The van der Waals surface area contributed by atoms with E-state index in [0.29, 0.717) is 0 Å². The highest BCUT2D eigenvalue weighted by atomic mass is 79.9. The molecular formula is C7H2BrCl2F3O. The van der Waals surface area contributed by atoms with Crippen molar-refractivity contribution in [2.75, 3.05) is 0 Å². The lowest BCUT2D eigenvalue weighted by atomic mass is 10.3. The molecule has 0 saturated heterocycles.